The van der Waals surface area contributed by atoms with Crippen LogP contribution in [0, 0.1) is 5.92 Å². The molecule has 0 saturated heterocycles. The van der Waals surface area contributed by atoms with E-state index in [1.54, 1.807) is 13.8 Å². The third kappa shape index (κ3) is 2.93. The normalized spacial score (nSPS) is 18.6. The van der Waals surface area contributed by atoms with Crippen molar-refractivity contribution >= 4 is 34.7 Å². The van der Waals surface area contributed by atoms with Crippen LogP contribution in [0.3, 0.4) is 0 Å². The van der Waals surface area contributed by atoms with Crippen molar-refractivity contribution in [3.8, 4) is 0 Å². The molecule has 1 heterocycles. The van der Waals surface area contributed by atoms with Crippen molar-refractivity contribution in [3.05, 3.63) is 35.9 Å². The number of nitrogens with zero attached hydrogens (tertiary/aromatic N) is 2. The van der Waals surface area contributed by atoms with E-state index in [0.29, 0.717) is 18.0 Å². The van der Waals surface area contributed by atoms with Gasteiger partial charge in [-0.05, 0) is 31.6 Å². The van der Waals surface area contributed by atoms with Crippen molar-refractivity contribution in [2.45, 2.75) is 13.8 Å². The van der Waals surface area contributed by atoms with Crippen molar-refractivity contribution in [3.63, 3.8) is 0 Å². The van der Waals surface area contributed by atoms with Crippen molar-refractivity contribution in [2.75, 3.05) is 6.61 Å². The number of ether oxygens (including phenoxy) is 1. The van der Waals surface area contributed by atoms with Gasteiger partial charge in [0.1, 0.15) is 5.92 Å². The molecule has 19 heavy (non-hydrogen) atoms. The van der Waals surface area contributed by atoms with Crippen molar-refractivity contribution < 1.29 is 9.53 Å². The lowest BCUT2D eigenvalue weighted by Crippen LogP contribution is -2.36. The van der Waals surface area contributed by atoms with Gasteiger partial charge in [-0.2, -0.15) is 0 Å². The molecule has 0 aliphatic carbocycles. The second-order valence-corrected chi connectivity index (χ2v) is 4.45. The van der Waals surface area contributed by atoms with Crippen LogP contribution in [0.4, 0.5) is 0 Å². The summed E-state index contributed by atoms with van der Waals surface area (Å²) >= 11 is 5.04. The van der Waals surface area contributed by atoms with Crippen molar-refractivity contribution in [1.82, 2.24) is 0 Å². The van der Waals surface area contributed by atoms with Crippen LogP contribution in [0.15, 0.2) is 40.3 Å². The number of carbonyl (C=O) groups is 1. The molecule has 0 spiro atoms. The van der Waals surface area contributed by atoms with Gasteiger partial charge in [-0.15, -0.1) is 0 Å². The molecule has 0 bridgehead atoms. The van der Waals surface area contributed by atoms with Crippen LogP contribution < -0.4 is 0 Å². The lowest BCUT2D eigenvalue weighted by atomic mass is 9.92. The molecule has 98 valence electrons. The van der Waals surface area contributed by atoms with Gasteiger partial charge in [0.2, 0.25) is 5.11 Å². The molecular formula is C14H14N2O2S. The number of thiocarbonyl (C=S) groups is 1. The van der Waals surface area contributed by atoms with Gasteiger partial charge in [-0.3, -0.25) is 4.79 Å². The molecular weight excluding hydrogens is 260 g/mol. The summed E-state index contributed by atoms with van der Waals surface area (Å²) in [5, 5.41) is 0.247. The van der Waals surface area contributed by atoms with Gasteiger partial charge >= 0.3 is 5.97 Å². The highest BCUT2D eigenvalue weighted by Crippen LogP contribution is 2.18. The molecule has 0 N–H and O–H groups in total. The van der Waals surface area contributed by atoms with Gasteiger partial charge in [0.15, 0.2) is 0 Å². The average molecular weight is 274 g/mol. The molecule has 0 fully saturated rings. The number of rotatable bonds is 3. The molecule has 0 aromatic heterocycles. The van der Waals surface area contributed by atoms with E-state index in [4.69, 9.17) is 17.0 Å². The SMILES string of the molecule is CCOC(=O)C1C(C)=NC(=S)N=C1c1ccccc1. The summed E-state index contributed by atoms with van der Waals surface area (Å²) in [6, 6.07) is 9.48. The Hall–Kier alpha value is -1.88. The second kappa shape index (κ2) is 5.84. The van der Waals surface area contributed by atoms with Gasteiger partial charge < -0.3 is 4.74 Å². The smallest absolute Gasteiger partial charge is 0.320 e. The monoisotopic (exact) mass is 274 g/mol. The molecule has 0 radical (unpaired) electrons. The van der Waals surface area contributed by atoms with Crippen LogP contribution >= 0.6 is 12.2 Å². The Balaban J connectivity index is 2.43. The fraction of sp³-hybridized carbons (Fsp3) is 0.286. The van der Waals surface area contributed by atoms with E-state index in [1.807, 2.05) is 30.3 Å². The van der Waals surface area contributed by atoms with Crippen LogP contribution in [0.2, 0.25) is 0 Å². The molecule has 1 aromatic rings. The lowest BCUT2D eigenvalue weighted by molar-refractivity contribution is -0.143. The number of carbonyl (C=O) groups excluding carboxylic acids is 1. The first-order chi connectivity index (χ1) is 9.13. The summed E-state index contributed by atoms with van der Waals surface area (Å²) in [6.07, 6.45) is 0. The zero-order valence-electron chi connectivity index (χ0n) is 10.8. The van der Waals surface area contributed by atoms with Crippen molar-refractivity contribution in [1.29, 1.82) is 0 Å². The van der Waals surface area contributed by atoms with Gasteiger partial charge in [0, 0.05) is 5.71 Å². The quantitative estimate of drug-likeness (QED) is 0.628. The zero-order chi connectivity index (χ0) is 13.8. The average Bonchev–Trinajstić information content (AvgIpc) is 2.39. The maximum Gasteiger partial charge on any atom is 0.320 e. The highest BCUT2D eigenvalue weighted by atomic mass is 32.1. The number of hydrogen-bond acceptors (Lipinski definition) is 3. The molecule has 0 saturated carbocycles. The minimum atomic E-state index is -0.575. The highest BCUT2D eigenvalue weighted by molar-refractivity contribution is 7.80. The predicted octanol–water partition coefficient (Wildman–Crippen LogP) is 2.41. The second-order valence-electron chi connectivity index (χ2n) is 4.08. The van der Waals surface area contributed by atoms with E-state index in [0.717, 1.165) is 5.56 Å². The number of aliphatic imine (C=N–C) groups is 2. The Bertz CT molecular complexity index is 564. The number of esters is 1. The first-order valence-corrected chi connectivity index (χ1v) is 6.44. The van der Waals surface area contributed by atoms with Crippen LogP contribution in [0.25, 0.3) is 0 Å². The molecule has 0 amide bonds. The minimum Gasteiger partial charge on any atom is -0.465 e. The Kier molecular flexibility index (Phi) is 4.16. The Morgan fingerprint density at radius 1 is 1.32 bits per heavy atom. The molecule has 1 atom stereocenters. The largest absolute Gasteiger partial charge is 0.465 e. The van der Waals surface area contributed by atoms with E-state index in [2.05, 4.69) is 9.98 Å². The third-order valence-corrected chi connectivity index (χ3v) is 2.95. The predicted molar refractivity (Wildman–Crippen MR) is 78.8 cm³/mol. The molecule has 1 aliphatic rings. The summed E-state index contributed by atoms with van der Waals surface area (Å²) in [6.45, 7) is 3.87. The molecule has 1 unspecified atom stereocenters. The molecule has 2 rings (SSSR count). The van der Waals surface area contributed by atoms with Crippen LogP contribution in [-0.4, -0.2) is 29.1 Å². The van der Waals surface area contributed by atoms with Crippen LogP contribution in [0.1, 0.15) is 19.4 Å². The Morgan fingerprint density at radius 3 is 2.63 bits per heavy atom. The summed E-state index contributed by atoms with van der Waals surface area (Å²) < 4.78 is 5.09. The standard InChI is InChI=1S/C14H14N2O2S/c1-3-18-13(17)11-9(2)15-14(19)16-12(11)10-7-5-4-6-8-10/h4-8,11H,3H2,1-2H3. The summed E-state index contributed by atoms with van der Waals surface area (Å²) in [4.78, 5) is 20.4. The molecule has 5 heteroatoms. The van der Waals surface area contributed by atoms with Gasteiger partial charge in [-0.1, -0.05) is 30.3 Å². The first kappa shape index (κ1) is 13.5. The topological polar surface area (TPSA) is 51.0 Å². The first-order valence-electron chi connectivity index (χ1n) is 6.03. The van der Waals surface area contributed by atoms with Crippen molar-refractivity contribution in [2.24, 2.45) is 15.9 Å². The van der Waals surface area contributed by atoms with Gasteiger partial charge in [0.05, 0.1) is 12.3 Å². The van der Waals surface area contributed by atoms with E-state index in [1.165, 1.54) is 0 Å². The maximum atomic E-state index is 12.1. The zero-order valence-corrected chi connectivity index (χ0v) is 11.6. The summed E-state index contributed by atoms with van der Waals surface area (Å²) in [5.74, 6) is -0.914. The summed E-state index contributed by atoms with van der Waals surface area (Å²) in [7, 11) is 0. The van der Waals surface area contributed by atoms with Gasteiger partial charge in [0.25, 0.3) is 0 Å². The molecule has 1 aliphatic heterocycles. The Morgan fingerprint density at radius 2 is 2.00 bits per heavy atom. The molecule has 4 nitrogen and oxygen atoms in total. The number of hydrogen-bond donors (Lipinski definition) is 0. The van der Waals surface area contributed by atoms with E-state index in [-0.39, 0.29) is 11.1 Å². The summed E-state index contributed by atoms with van der Waals surface area (Å²) in [5.41, 5.74) is 2.09. The molecule has 1 aromatic carbocycles. The fourth-order valence-corrected chi connectivity index (χ4v) is 2.20. The third-order valence-electron chi connectivity index (χ3n) is 2.77. The van der Waals surface area contributed by atoms with Crippen LogP contribution in [0.5, 0.6) is 0 Å². The van der Waals surface area contributed by atoms with E-state index < -0.39 is 5.92 Å². The number of benzene rings is 1. The van der Waals surface area contributed by atoms with Crippen LogP contribution in [-0.2, 0) is 9.53 Å². The fourth-order valence-electron chi connectivity index (χ4n) is 1.95. The highest BCUT2D eigenvalue weighted by Gasteiger charge is 2.32. The lowest BCUT2D eigenvalue weighted by Gasteiger charge is -2.21. The minimum absolute atomic E-state index is 0.247. The van der Waals surface area contributed by atoms with E-state index >= 15 is 0 Å². The van der Waals surface area contributed by atoms with Gasteiger partial charge in [-0.25, -0.2) is 9.98 Å². The van der Waals surface area contributed by atoms with E-state index in [9.17, 15) is 4.79 Å². The maximum absolute atomic E-state index is 12.1. The Labute approximate surface area is 117 Å².